The van der Waals surface area contributed by atoms with Crippen molar-refractivity contribution in [1.29, 1.82) is 0 Å². The monoisotopic (exact) mass is 296 g/mol. The SMILES string of the molecule is CC.CCC1CC(N2CCC(OC3CCNCC3)CC2)C1. The van der Waals surface area contributed by atoms with E-state index in [2.05, 4.69) is 17.1 Å². The zero-order valence-corrected chi connectivity index (χ0v) is 14.4. The molecule has 3 rings (SSSR count). The highest BCUT2D eigenvalue weighted by Crippen LogP contribution is 2.35. The molecule has 0 spiro atoms. The van der Waals surface area contributed by atoms with Crippen molar-refractivity contribution in [3.05, 3.63) is 0 Å². The van der Waals surface area contributed by atoms with Crippen LogP contribution in [0.3, 0.4) is 0 Å². The molecule has 124 valence electrons. The summed E-state index contributed by atoms with van der Waals surface area (Å²) < 4.78 is 6.29. The minimum Gasteiger partial charge on any atom is -0.375 e. The lowest BCUT2D eigenvalue weighted by Crippen LogP contribution is -2.49. The van der Waals surface area contributed by atoms with Crippen molar-refractivity contribution in [2.45, 2.75) is 84.0 Å². The van der Waals surface area contributed by atoms with E-state index < -0.39 is 0 Å². The van der Waals surface area contributed by atoms with E-state index >= 15 is 0 Å². The van der Waals surface area contributed by atoms with E-state index in [4.69, 9.17) is 4.74 Å². The molecule has 0 amide bonds. The van der Waals surface area contributed by atoms with Gasteiger partial charge in [0.05, 0.1) is 12.2 Å². The van der Waals surface area contributed by atoms with E-state index in [1.54, 1.807) is 0 Å². The van der Waals surface area contributed by atoms with Crippen LogP contribution in [0.2, 0.25) is 0 Å². The summed E-state index contributed by atoms with van der Waals surface area (Å²) in [4.78, 5) is 2.73. The molecule has 0 atom stereocenters. The highest BCUT2D eigenvalue weighted by atomic mass is 16.5. The van der Waals surface area contributed by atoms with Crippen LogP contribution in [-0.2, 0) is 4.74 Å². The maximum absolute atomic E-state index is 6.29. The number of piperidine rings is 2. The Bertz CT molecular complexity index is 264. The number of hydrogen-bond donors (Lipinski definition) is 1. The van der Waals surface area contributed by atoms with E-state index in [0.717, 1.165) is 25.0 Å². The second-order valence-corrected chi connectivity index (χ2v) is 6.72. The molecule has 21 heavy (non-hydrogen) atoms. The van der Waals surface area contributed by atoms with E-state index in [1.165, 1.54) is 58.0 Å². The second-order valence-electron chi connectivity index (χ2n) is 6.72. The molecule has 3 fully saturated rings. The van der Waals surface area contributed by atoms with Gasteiger partial charge in [-0.15, -0.1) is 0 Å². The molecule has 0 unspecified atom stereocenters. The molecule has 1 aliphatic carbocycles. The Morgan fingerprint density at radius 1 is 0.952 bits per heavy atom. The highest BCUT2D eigenvalue weighted by Gasteiger charge is 2.34. The molecular formula is C18H36N2O. The zero-order chi connectivity index (χ0) is 15.1. The van der Waals surface area contributed by atoms with Gasteiger partial charge < -0.3 is 15.0 Å². The molecule has 0 aromatic heterocycles. The van der Waals surface area contributed by atoms with E-state index in [0.29, 0.717) is 12.2 Å². The van der Waals surface area contributed by atoms with Crippen LogP contribution in [0.15, 0.2) is 0 Å². The van der Waals surface area contributed by atoms with Crippen molar-refractivity contribution in [2.24, 2.45) is 5.92 Å². The van der Waals surface area contributed by atoms with Gasteiger partial charge in [-0.25, -0.2) is 0 Å². The first-order valence-corrected chi connectivity index (χ1v) is 9.45. The smallest absolute Gasteiger partial charge is 0.0603 e. The summed E-state index contributed by atoms with van der Waals surface area (Å²) in [6, 6.07) is 0.907. The largest absolute Gasteiger partial charge is 0.375 e. The van der Waals surface area contributed by atoms with Gasteiger partial charge in [0, 0.05) is 19.1 Å². The summed E-state index contributed by atoms with van der Waals surface area (Å²) in [5.41, 5.74) is 0. The fourth-order valence-corrected chi connectivity index (χ4v) is 3.91. The van der Waals surface area contributed by atoms with Crippen molar-refractivity contribution >= 4 is 0 Å². The lowest BCUT2D eigenvalue weighted by Gasteiger charge is -2.46. The van der Waals surface area contributed by atoms with E-state index in [-0.39, 0.29) is 0 Å². The summed E-state index contributed by atoms with van der Waals surface area (Å²) in [5, 5.41) is 3.41. The third-order valence-corrected chi connectivity index (χ3v) is 5.45. The fraction of sp³-hybridized carbons (Fsp3) is 1.00. The third kappa shape index (κ3) is 4.94. The van der Waals surface area contributed by atoms with Gasteiger partial charge >= 0.3 is 0 Å². The molecule has 0 aromatic carbocycles. The van der Waals surface area contributed by atoms with Crippen LogP contribution in [0.1, 0.15) is 65.7 Å². The molecule has 3 aliphatic rings. The quantitative estimate of drug-likeness (QED) is 0.860. The number of likely N-dealkylation sites (tertiary alicyclic amines) is 1. The number of nitrogens with zero attached hydrogens (tertiary/aromatic N) is 1. The number of ether oxygens (including phenoxy) is 1. The van der Waals surface area contributed by atoms with Crippen LogP contribution in [0.5, 0.6) is 0 Å². The minimum atomic E-state index is 0.533. The first kappa shape index (κ1) is 17.2. The van der Waals surface area contributed by atoms with Crippen LogP contribution in [-0.4, -0.2) is 49.3 Å². The van der Waals surface area contributed by atoms with Crippen molar-refractivity contribution in [3.63, 3.8) is 0 Å². The van der Waals surface area contributed by atoms with Crippen LogP contribution in [0.25, 0.3) is 0 Å². The lowest BCUT2D eigenvalue weighted by atomic mass is 9.77. The van der Waals surface area contributed by atoms with Crippen molar-refractivity contribution in [2.75, 3.05) is 26.2 Å². The van der Waals surface area contributed by atoms with E-state index in [9.17, 15) is 0 Å². The summed E-state index contributed by atoms with van der Waals surface area (Å²) in [5.74, 6) is 1.02. The molecule has 3 heteroatoms. The lowest BCUT2D eigenvalue weighted by molar-refractivity contribution is -0.0655. The van der Waals surface area contributed by atoms with Crippen LogP contribution >= 0.6 is 0 Å². The Hall–Kier alpha value is -0.120. The highest BCUT2D eigenvalue weighted by molar-refractivity contribution is 4.89. The standard InChI is InChI=1S/C16H30N2O.C2H6/c1-2-13-11-14(12-13)18-9-5-16(6-10-18)19-15-3-7-17-8-4-15;1-2/h13-17H,2-12H2,1H3;1-2H3. The average molecular weight is 296 g/mol. The molecular weight excluding hydrogens is 260 g/mol. The normalized spacial score (nSPS) is 32.1. The van der Waals surface area contributed by atoms with Crippen molar-refractivity contribution < 1.29 is 4.74 Å². The Morgan fingerprint density at radius 2 is 1.52 bits per heavy atom. The number of rotatable bonds is 4. The molecule has 2 heterocycles. The van der Waals surface area contributed by atoms with Gasteiger partial charge in [0.2, 0.25) is 0 Å². The second kappa shape index (κ2) is 9.12. The van der Waals surface area contributed by atoms with Gasteiger partial charge in [-0.05, 0) is 57.5 Å². The summed E-state index contributed by atoms with van der Waals surface area (Å²) in [7, 11) is 0. The topological polar surface area (TPSA) is 24.5 Å². The van der Waals surface area contributed by atoms with Gasteiger partial charge in [-0.3, -0.25) is 0 Å². The molecule has 3 nitrogen and oxygen atoms in total. The van der Waals surface area contributed by atoms with Gasteiger partial charge in [-0.1, -0.05) is 27.2 Å². The molecule has 2 aliphatic heterocycles. The number of hydrogen-bond acceptors (Lipinski definition) is 3. The minimum absolute atomic E-state index is 0.533. The van der Waals surface area contributed by atoms with E-state index in [1.807, 2.05) is 13.8 Å². The molecule has 1 saturated carbocycles. The predicted octanol–water partition coefficient (Wildman–Crippen LogP) is 3.43. The Kier molecular flexibility index (Phi) is 7.48. The van der Waals surface area contributed by atoms with Crippen LogP contribution in [0, 0.1) is 5.92 Å². The Balaban J connectivity index is 0.000000774. The fourth-order valence-electron chi connectivity index (χ4n) is 3.91. The van der Waals surface area contributed by atoms with Crippen LogP contribution < -0.4 is 5.32 Å². The van der Waals surface area contributed by atoms with Gasteiger partial charge in [0.25, 0.3) is 0 Å². The van der Waals surface area contributed by atoms with Crippen molar-refractivity contribution in [3.8, 4) is 0 Å². The zero-order valence-electron chi connectivity index (χ0n) is 14.4. The molecule has 0 aromatic rings. The van der Waals surface area contributed by atoms with Crippen LogP contribution in [0.4, 0.5) is 0 Å². The third-order valence-electron chi connectivity index (χ3n) is 5.45. The summed E-state index contributed by atoms with van der Waals surface area (Å²) in [6.45, 7) is 11.2. The summed E-state index contributed by atoms with van der Waals surface area (Å²) in [6.07, 6.45) is 10.3. The molecule has 0 bridgehead atoms. The predicted molar refractivity (Wildman–Crippen MR) is 89.7 cm³/mol. The first-order chi connectivity index (χ1) is 10.3. The Labute approximate surface area is 131 Å². The molecule has 1 N–H and O–H groups in total. The Morgan fingerprint density at radius 3 is 2.10 bits per heavy atom. The van der Waals surface area contributed by atoms with Crippen molar-refractivity contribution in [1.82, 2.24) is 10.2 Å². The summed E-state index contributed by atoms with van der Waals surface area (Å²) >= 11 is 0. The maximum atomic E-state index is 6.29. The maximum Gasteiger partial charge on any atom is 0.0603 e. The van der Waals surface area contributed by atoms with Gasteiger partial charge in [0.1, 0.15) is 0 Å². The molecule has 0 radical (unpaired) electrons. The van der Waals surface area contributed by atoms with Gasteiger partial charge in [-0.2, -0.15) is 0 Å². The first-order valence-electron chi connectivity index (χ1n) is 9.45. The molecule has 2 saturated heterocycles. The number of nitrogens with one attached hydrogen (secondary N) is 1. The average Bonchev–Trinajstić information content (AvgIpc) is 2.51. The van der Waals surface area contributed by atoms with Gasteiger partial charge in [0.15, 0.2) is 0 Å².